The van der Waals surface area contributed by atoms with Crippen LogP contribution in [0, 0.1) is 11.8 Å². The van der Waals surface area contributed by atoms with Gasteiger partial charge in [-0.05, 0) is 12.0 Å². The summed E-state index contributed by atoms with van der Waals surface area (Å²) >= 11 is 0. The molecule has 3 rings (SSSR count). The van der Waals surface area contributed by atoms with Crippen LogP contribution in [0.4, 0.5) is 0 Å². The van der Waals surface area contributed by atoms with Gasteiger partial charge in [0.2, 0.25) is 0 Å². The maximum Gasteiger partial charge on any atom is 0.305 e. The third kappa shape index (κ3) is 3.70. The van der Waals surface area contributed by atoms with E-state index in [1.165, 1.54) is 7.11 Å². The number of hydrogen-bond donors (Lipinski definition) is 1. The number of esters is 1. The average Bonchev–Trinajstić information content (AvgIpc) is 3.17. The summed E-state index contributed by atoms with van der Waals surface area (Å²) in [7, 11) is 1.31. The highest BCUT2D eigenvalue weighted by Crippen LogP contribution is 2.23. The number of ether oxygens (including phenoxy) is 1. The summed E-state index contributed by atoms with van der Waals surface area (Å²) < 4.78 is 6.62. The van der Waals surface area contributed by atoms with E-state index in [1.807, 2.05) is 4.57 Å². The summed E-state index contributed by atoms with van der Waals surface area (Å²) in [5.41, 5.74) is 1.85. The lowest BCUT2D eigenvalue weighted by Crippen LogP contribution is -2.29. The van der Waals surface area contributed by atoms with E-state index >= 15 is 0 Å². The standard InChI is InChI=1S/C18H24N4O4/c1-11(2)7-22-10-20-14-4-12(6-19-17(14)22)18(25)21-8-13(15(23)9-21)5-16(24)26-3/h4,6,10-11,13,15,23H,5,7-9H2,1-3H3/t13-,15-/m1/s1. The zero-order chi connectivity index (χ0) is 18.8. The first-order valence-corrected chi connectivity index (χ1v) is 8.74. The number of rotatable bonds is 5. The maximum atomic E-state index is 12.7. The number of likely N-dealkylation sites (tertiary alicyclic amines) is 1. The molecule has 0 saturated carbocycles. The molecule has 26 heavy (non-hydrogen) atoms. The van der Waals surface area contributed by atoms with E-state index in [-0.39, 0.29) is 30.8 Å². The average molecular weight is 360 g/mol. The Labute approximate surface area is 151 Å². The van der Waals surface area contributed by atoms with Gasteiger partial charge in [0, 0.05) is 31.7 Å². The van der Waals surface area contributed by atoms with Crippen molar-refractivity contribution in [3.8, 4) is 0 Å². The van der Waals surface area contributed by atoms with Gasteiger partial charge in [0.1, 0.15) is 5.52 Å². The molecule has 1 fully saturated rings. The second kappa shape index (κ2) is 7.41. The van der Waals surface area contributed by atoms with Crippen molar-refractivity contribution in [2.24, 2.45) is 11.8 Å². The molecule has 1 saturated heterocycles. The Bertz CT molecular complexity index is 817. The fourth-order valence-corrected chi connectivity index (χ4v) is 3.29. The number of imidazole rings is 1. The lowest BCUT2D eigenvalue weighted by atomic mass is 10.0. The minimum atomic E-state index is -0.736. The number of hydrogen-bond acceptors (Lipinski definition) is 6. The smallest absolute Gasteiger partial charge is 0.305 e. The van der Waals surface area contributed by atoms with Crippen LogP contribution >= 0.6 is 0 Å². The van der Waals surface area contributed by atoms with Crippen LogP contribution in [0.5, 0.6) is 0 Å². The van der Waals surface area contributed by atoms with Crippen LogP contribution in [-0.4, -0.2) is 62.7 Å². The van der Waals surface area contributed by atoms with Gasteiger partial charge >= 0.3 is 5.97 Å². The third-order valence-corrected chi connectivity index (χ3v) is 4.61. The van der Waals surface area contributed by atoms with E-state index in [1.54, 1.807) is 23.5 Å². The van der Waals surface area contributed by atoms with E-state index in [0.717, 1.165) is 12.2 Å². The predicted molar refractivity (Wildman–Crippen MR) is 94.4 cm³/mol. The molecular formula is C18H24N4O4. The van der Waals surface area contributed by atoms with Crippen molar-refractivity contribution in [3.63, 3.8) is 0 Å². The summed E-state index contributed by atoms with van der Waals surface area (Å²) in [4.78, 5) is 34.5. The number of nitrogens with zero attached hydrogens (tertiary/aromatic N) is 4. The van der Waals surface area contributed by atoms with E-state index < -0.39 is 6.10 Å². The number of amides is 1. The van der Waals surface area contributed by atoms with Crippen LogP contribution in [-0.2, 0) is 16.1 Å². The molecule has 140 valence electrons. The normalized spacial score (nSPS) is 20.1. The first-order valence-electron chi connectivity index (χ1n) is 8.74. The number of aliphatic hydroxyl groups is 1. The number of pyridine rings is 1. The highest BCUT2D eigenvalue weighted by Gasteiger charge is 2.36. The minimum Gasteiger partial charge on any atom is -0.469 e. The van der Waals surface area contributed by atoms with Gasteiger partial charge in [-0.1, -0.05) is 13.8 Å². The zero-order valence-electron chi connectivity index (χ0n) is 15.3. The monoisotopic (exact) mass is 360 g/mol. The molecule has 0 radical (unpaired) electrons. The molecule has 0 spiro atoms. The number of carbonyl (C=O) groups excluding carboxylic acids is 2. The van der Waals surface area contributed by atoms with Gasteiger partial charge in [-0.3, -0.25) is 9.59 Å². The quantitative estimate of drug-likeness (QED) is 0.802. The molecule has 8 nitrogen and oxygen atoms in total. The van der Waals surface area contributed by atoms with Crippen molar-refractivity contribution in [1.29, 1.82) is 0 Å². The molecule has 1 amide bonds. The third-order valence-electron chi connectivity index (χ3n) is 4.61. The van der Waals surface area contributed by atoms with Gasteiger partial charge in [0.25, 0.3) is 5.91 Å². The highest BCUT2D eigenvalue weighted by molar-refractivity contribution is 5.96. The fourth-order valence-electron chi connectivity index (χ4n) is 3.29. The highest BCUT2D eigenvalue weighted by atomic mass is 16.5. The van der Waals surface area contributed by atoms with Gasteiger partial charge in [0.15, 0.2) is 5.65 Å². The predicted octanol–water partition coefficient (Wildman–Crippen LogP) is 1.08. The van der Waals surface area contributed by atoms with Crippen molar-refractivity contribution >= 4 is 23.0 Å². The van der Waals surface area contributed by atoms with Crippen molar-refractivity contribution in [3.05, 3.63) is 24.2 Å². The van der Waals surface area contributed by atoms with E-state index in [9.17, 15) is 14.7 Å². The number of carbonyl (C=O) groups is 2. The Kier molecular flexibility index (Phi) is 5.22. The summed E-state index contributed by atoms with van der Waals surface area (Å²) in [5.74, 6) is -0.451. The molecule has 3 heterocycles. The summed E-state index contributed by atoms with van der Waals surface area (Å²) in [6.45, 7) is 5.56. The van der Waals surface area contributed by atoms with Crippen molar-refractivity contribution < 1.29 is 19.4 Å². The second-order valence-electron chi connectivity index (χ2n) is 7.18. The Hall–Kier alpha value is -2.48. The molecule has 0 bridgehead atoms. The van der Waals surface area contributed by atoms with Gasteiger partial charge < -0.3 is 19.3 Å². The number of fused-ring (bicyclic) bond motifs is 1. The van der Waals surface area contributed by atoms with Crippen LogP contribution < -0.4 is 0 Å². The van der Waals surface area contributed by atoms with Crippen molar-refractivity contribution in [1.82, 2.24) is 19.4 Å². The molecule has 2 aromatic rings. The largest absolute Gasteiger partial charge is 0.469 e. The van der Waals surface area contributed by atoms with Crippen molar-refractivity contribution in [2.75, 3.05) is 20.2 Å². The summed E-state index contributed by atoms with van der Waals surface area (Å²) in [6, 6.07) is 1.72. The molecule has 0 aliphatic carbocycles. The molecular weight excluding hydrogens is 336 g/mol. The molecule has 2 atom stereocenters. The SMILES string of the molecule is COC(=O)C[C@@H]1CN(C(=O)c2cnc3c(c2)ncn3CC(C)C)C[C@H]1O. The molecule has 0 aromatic carbocycles. The Balaban J connectivity index is 1.75. The molecule has 1 aliphatic rings. The molecule has 2 aromatic heterocycles. The Morgan fingerprint density at radius 1 is 1.35 bits per heavy atom. The topological polar surface area (TPSA) is 97.5 Å². The second-order valence-corrected chi connectivity index (χ2v) is 7.18. The summed E-state index contributed by atoms with van der Waals surface area (Å²) in [6.07, 6.45) is 2.64. The Morgan fingerprint density at radius 3 is 2.81 bits per heavy atom. The lowest BCUT2D eigenvalue weighted by Gasteiger charge is -2.16. The number of aliphatic hydroxyl groups excluding tert-OH is 1. The van der Waals surface area contributed by atoms with Crippen LogP contribution in [0.1, 0.15) is 30.6 Å². The number of aromatic nitrogens is 3. The van der Waals surface area contributed by atoms with Gasteiger partial charge in [-0.15, -0.1) is 0 Å². The maximum absolute atomic E-state index is 12.7. The minimum absolute atomic E-state index is 0.0956. The van der Waals surface area contributed by atoms with Crippen LogP contribution in [0.25, 0.3) is 11.2 Å². The van der Waals surface area contributed by atoms with E-state index in [0.29, 0.717) is 23.5 Å². The molecule has 1 aliphatic heterocycles. The van der Waals surface area contributed by atoms with Crippen LogP contribution in [0.2, 0.25) is 0 Å². The van der Waals surface area contributed by atoms with Crippen LogP contribution in [0.3, 0.4) is 0 Å². The molecule has 0 unspecified atom stereocenters. The summed E-state index contributed by atoms with van der Waals surface area (Å²) in [5, 5.41) is 10.1. The zero-order valence-corrected chi connectivity index (χ0v) is 15.3. The first-order chi connectivity index (χ1) is 12.4. The molecule has 1 N–H and O–H groups in total. The number of methoxy groups -OCH3 is 1. The van der Waals surface area contributed by atoms with Gasteiger partial charge in [-0.25, -0.2) is 9.97 Å². The number of β-amino-alcohol motifs (C(OH)–C–C–N with tert-alkyl or cyclic N) is 1. The van der Waals surface area contributed by atoms with E-state index in [4.69, 9.17) is 0 Å². The van der Waals surface area contributed by atoms with Crippen molar-refractivity contribution in [2.45, 2.75) is 32.9 Å². The van der Waals surface area contributed by atoms with Gasteiger partial charge in [-0.2, -0.15) is 0 Å². The first kappa shape index (κ1) is 18.3. The lowest BCUT2D eigenvalue weighted by molar-refractivity contribution is -0.142. The van der Waals surface area contributed by atoms with E-state index in [2.05, 4.69) is 28.6 Å². The molecule has 8 heteroatoms. The van der Waals surface area contributed by atoms with Crippen LogP contribution in [0.15, 0.2) is 18.6 Å². The Morgan fingerprint density at radius 2 is 2.12 bits per heavy atom. The fraction of sp³-hybridized carbons (Fsp3) is 0.556. The van der Waals surface area contributed by atoms with Gasteiger partial charge in [0.05, 0.1) is 31.5 Å².